The summed E-state index contributed by atoms with van der Waals surface area (Å²) < 4.78 is 5.04. The van der Waals surface area contributed by atoms with E-state index in [0.29, 0.717) is 39.0 Å². The lowest BCUT2D eigenvalue weighted by Crippen LogP contribution is -2.48. The Bertz CT molecular complexity index is 551. The number of phenolic OH excluding ortho intramolecular Hbond substituents is 1. The van der Waals surface area contributed by atoms with Gasteiger partial charge >= 0.3 is 12.0 Å². The Morgan fingerprint density at radius 3 is 2.50 bits per heavy atom. The largest absolute Gasteiger partial charge is 0.508 e. The van der Waals surface area contributed by atoms with E-state index in [2.05, 4.69) is 5.32 Å². The summed E-state index contributed by atoms with van der Waals surface area (Å²) in [6, 6.07) is 6.88. The van der Waals surface area contributed by atoms with Crippen LogP contribution in [-0.2, 0) is 16.0 Å². The molecule has 6 heteroatoms. The van der Waals surface area contributed by atoms with Crippen molar-refractivity contribution in [2.75, 3.05) is 19.7 Å². The van der Waals surface area contributed by atoms with Gasteiger partial charge in [0.1, 0.15) is 5.75 Å². The van der Waals surface area contributed by atoms with Gasteiger partial charge in [-0.25, -0.2) is 4.79 Å². The van der Waals surface area contributed by atoms with Crippen molar-refractivity contribution in [2.24, 2.45) is 5.92 Å². The van der Waals surface area contributed by atoms with Gasteiger partial charge in [0.15, 0.2) is 0 Å². The van der Waals surface area contributed by atoms with Crippen LogP contribution in [-0.4, -0.2) is 47.7 Å². The number of carbonyl (C=O) groups excluding carboxylic acids is 2. The topological polar surface area (TPSA) is 78.9 Å². The number of nitrogens with zero attached hydrogens (tertiary/aromatic N) is 1. The van der Waals surface area contributed by atoms with E-state index in [1.54, 1.807) is 24.0 Å². The minimum absolute atomic E-state index is 0.00942. The number of piperidine rings is 1. The number of hydrogen-bond acceptors (Lipinski definition) is 4. The van der Waals surface area contributed by atoms with Crippen LogP contribution in [0.1, 0.15) is 32.3 Å². The highest BCUT2D eigenvalue weighted by Gasteiger charge is 2.28. The zero-order chi connectivity index (χ0) is 17.5. The second-order valence-corrected chi connectivity index (χ2v) is 6.23. The van der Waals surface area contributed by atoms with Crippen LogP contribution in [0.25, 0.3) is 0 Å². The van der Waals surface area contributed by atoms with Gasteiger partial charge in [-0.3, -0.25) is 4.79 Å². The zero-order valence-corrected chi connectivity index (χ0v) is 14.3. The maximum absolute atomic E-state index is 12.3. The third-order valence-corrected chi connectivity index (χ3v) is 4.25. The lowest BCUT2D eigenvalue weighted by Gasteiger charge is -2.31. The van der Waals surface area contributed by atoms with E-state index < -0.39 is 0 Å². The third kappa shape index (κ3) is 5.15. The number of ether oxygens (including phenoxy) is 1. The van der Waals surface area contributed by atoms with Crippen molar-refractivity contribution >= 4 is 12.0 Å². The Hall–Kier alpha value is -2.24. The zero-order valence-electron chi connectivity index (χ0n) is 14.3. The van der Waals surface area contributed by atoms with Crippen molar-refractivity contribution in [3.63, 3.8) is 0 Å². The van der Waals surface area contributed by atoms with Crippen molar-refractivity contribution in [1.82, 2.24) is 10.2 Å². The van der Waals surface area contributed by atoms with Crippen molar-refractivity contribution in [1.29, 1.82) is 0 Å². The van der Waals surface area contributed by atoms with Crippen LogP contribution >= 0.6 is 0 Å². The van der Waals surface area contributed by atoms with Crippen LogP contribution in [0.4, 0.5) is 4.79 Å². The average Bonchev–Trinajstić information content (AvgIpc) is 2.57. The normalized spacial score (nSPS) is 16.5. The highest BCUT2D eigenvalue weighted by Crippen LogP contribution is 2.19. The standard InChI is InChI=1S/C18H26N2O4/c1-3-24-17(22)15-8-10-20(11-9-15)18(23)19-13(2)12-14-4-6-16(21)7-5-14/h4-7,13,15,21H,3,8-12H2,1-2H3,(H,19,23). The van der Waals surface area contributed by atoms with Gasteiger partial charge in [-0.05, 0) is 50.8 Å². The van der Waals surface area contributed by atoms with Crippen LogP contribution in [0.3, 0.4) is 0 Å². The quantitative estimate of drug-likeness (QED) is 0.810. The highest BCUT2D eigenvalue weighted by molar-refractivity contribution is 5.76. The maximum atomic E-state index is 12.3. The molecule has 0 bridgehead atoms. The number of esters is 1. The molecule has 0 radical (unpaired) electrons. The Balaban J connectivity index is 1.76. The molecule has 1 aliphatic rings. The highest BCUT2D eigenvalue weighted by atomic mass is 16.5. The van der Waals surface area contributed by atoms with E-state index in [4.69, 9.17) is 4.74 Å². The Labute approximate surface area is 142 Å². The van der Waals surface area contributed by atoms with Crippen molar-refractivity contribution in [3.05, 3.63) is 29.8 Å². The molecule has 1 aliphatic heterocycles. The predicted octanol–water partition coefficient (Wildman–Crippen LogP) is 2.31. The summed E-state index contributed by atoms with van der Waals surface area (Å²) in [5.41, 5.74) is 1.06. The maximum Gasteiger partial charge on any atom is 0.317 e. The average molecular weight is 334 g/mol. The molecule has 0 aliphatic carbocycles. The summed E-state index contributed by atoms with van der Waals surface area (Å²) in [5, 5.41) is 12.3. The molecule has 2 N–H and O–H groups in total. The molecule has 2 rings (SSSR count). The second-order valence-electron chi connectivity index (χ2n) is 6.23. The van der Waals surface area contributed by atoms with E-state index in [-0.39, 0.29) is 29.7 Å². The molecule has 1 heterocycles. The minimum atomic E-state index is -0.154. The molecule has 6 nitrogen and oxygen atoms in total. The molecule has 24 heavy (non-hydrogen) atoms. The summed E-state index contributed by atoms with van der Waals surface area (Å²) in [7, 11) is 0. The van der Waals surface area contributed by atoms with Gasteiger partial charge in [-0.2, -0.15) is 0 Å². The lowest BCUT2D eigenvalue weighted by atomic mass is 9.97. The summed E-state index contributed by atoms with van der Waals surface area (Å²) >= 11 is 0. The molecule has 1 aromatic rings. The number of amides is 2. The Kier molecular flexibility index (Phi) is 6.46. The predicted molar refractivity (Wildman–Crippen MR) is 90.7 cm³/mol. The fourth-order valence-electron chi connectivity index (χ4n) is 2.92. The first-order chi connectivity index (χ1) is 11.5. The smallest absolute Gasteiger partial charge is 0.317 e. The first kappa shape index (κ1) is 18.1. The number of phenols is 1. The van der Waals surface area contributed by atoms with E-state index in [0.717, 1.165) is 5.56 Å². The second kappa shape index (κ2) is 8.57. The van der Waals surface area contributed by atoms with E-state index in [1.807, 2.05) is 19.1 Å². The van der Waals surface area contributed by atoms with Gasteiger partial charge in [0.05, 0.1) is 12.5 Å². The molecule has 0 aromatic heterocycles. The van der Waals surface area contributed by atoms with Crippen LogP contribution in [0.2, 0.25) is 0 Å². The Morgan fingerprint density at radius 2 is 1.92 bits per heavy atom. The molecular weight excluding hydrogens is 308 g/mol. The number of benzene rings is 1. The number of urea groups is 1. The molecule has 1 unspecified atom stereocenters. The number of carbonyl (C=O) groups is 2. The first-order valence-electron chi connectivity index (χ1n) is 8.49. The molecule has 1 fully saturated rings. The number of nitrogens with one attached hydrogen (secondary N) is 1. The molecule has 132 valence electrons. The summed E-state index contributed by atoms with van der Waals surface area (Å²) in [4.78, 5) is 25.8. The fraction of sp³-hybridized carbons (Fsp3) is 0.556. The summed E-state index contributed by atoms with van der Waals surface area (Å²) in [5.74, 6) is -0.0124. The van der Waals surface area contributed by atoms with Gasteiger partial charge < -0.3 is 20.1 Å². The van der Waals surface area contributed by atoms with Gasteiger partial charge in [0.2, 0.25) is 0 Å². The van der Waals surface area contributed by atoms with Gasteiger partial charge in [-0.1, -0.05) is 12.1 Å². The van der Waals surface area contributed by atoms with Gasteiger partial charge in [0.25, 0.3) is 0 Å². The van der Waals surface area contributed by atoms with Crippen LogP contribution in [0.15, 0.2) is 24.3 Å². The number of likely N-dealkylation sites (tertiary alicyclic amines) is 1. The fourth-order valence-corrected chi connectivity index (χ4v) is 2.92. The van der Waals surface area contributed by atoms with E-state index in [9.17, 15) is 14.7 Å². The van der Waals surface area contributed by atoms with E-state index in [1.165, 1.54) is 0 Å². The molecule has 0 spiro atoms. The van der Waals surface area contributed by atoms with Crippen LogP contribution in [0, 0.1) is 5.92 Å². The lowest BCUT2D eigenvalue weighted by molar-refractivity contribution is -0.149. The van der Waals surface area contributed by atoms with Crippen molar-refractivity contribution in [3.8, 4) is 5.75 Å². The third-order valence-electron chi connectivity index (χ3n) is 4.25. The number of aromatic hydroxyl groups is 1. The summed E-state index contributed by atoms with van der Waals surface area (Å²) in [6.07, 6.45) is 2.00. The van der Waals surface area contributed by atoms with E-state index >= 15 is 0 Å². The minimum Gasteiger partial charge on any atom is -0.508 e. The van der Waals surface area contributed by atoms with Crippen molar-refractivity contribution in [2.45, 2.75) is 39.2 Å². The van der Waals surface area contributed by atoms with Gasteiger partial charge in [0, 0.05) is 19.1 Å². The molecule has 2 amide bonds. The number of rotatable bonds is 5. The number of hydrogen-bond donors (Lipinski definition) is 2. The van der Waals surface area contributed by atoms with Crippen LogP contribution in [0.5, 0.6) is 5.75 Å². The van der Waals surface area contributed by atoms with Crippen molar-refractivity contribution < 1.29 is 19.4 Å². The van der Waals surface area contributed by atoms with Crippen LogP contribution < -0.4 is 5.32 Å². The molecule has 1 atom stereocenters. The molecule has 1 saturated heterocycles. The SMILES string of the molecule is CCOC(=O)C1CCN(C(=O)NC(C)Cc2ccc(O)cc2)CC1. The molecular formula is C18H26N2O4. The summed E-state index contributed by atoms with van der Waals surface area (Å²) in [6.45, 7) is 5.29. The first-order valence-corrected chi connectivity index (χ1v) is 8.49. The Morgan fingerprint density at radius 1 is 1.29 bits per heavy atom. The van der Waals surface area contributed by atoms with Gasteiger partial charge in [-0.15, -0.1) is 0 Å². The molecule has 0 saturated carbocycles. The molecule has 1 aromatic carbocycles. The monoisotopic (exact) mass is 334 g/mol.